The molecule has 104 valence electrons. The third kappa shape index (κ3) is 3.06. The van der Waals surface area contributed by atoms with Crippen LogP contribution in [-0.4, -0.2) is 17.6 Å². The van der Waals surface area contributed by atoms with Crippen molar-refractivity contribution in [2.45, 2.75) is 6.92 Å². The van der Waals surface area contributed by atoms with Gasteiger partial charge >= 0.3 is 0 Å². The fourth-order valence-corrected chi connectivity index (χ4v) is 1.73. The van der Waals surface area contributed by atoms with E-state index in [4.69, 9.17) is 4.74 Å². The molecule has 5 heteroatoms. The molecule has 0 bridgehead atoms. The smallest absolute Gasteiger partial charge is 0.259 e. The molecule has 2 aromatic rings. The number of amides is 1. The molecule has 0 fully saturated rings. The molecular formula is C15H14FNO3. The zero-order valence-corrected chi connectivity index (χ0v) is 10.9. The van der Waals surface area contributed by atoms with Crippen molar-refractivity contribution in [2.75, 3.05) is 11.9 Å². The highest BCUT2D eigenvalue weighted by atomic mass is 19.1. The van der Waals surface area contributed by atoms with Crippen molar-refractivity contribution < 1.29 is 19.0 Å². The van der Waals surface area contributed by atoms with Gasteiger partial charge in [-0.2, -0.15) is 0 Å². The molecule has 0 atom stereocenters. The average molecular weight is 275 g/mol. The van der Waals surface area contributed by atoms with E-state index < -0.39 is 11.7 Å². The Morgan fingerprint density at radius 2 is 2.05 bits per heavy atom. The molecule has 2 N–H and O–H groups in total. The van der Waals surface area contributed by atoms with Crippen LogP contribution in [0.25, 0.3) is 0 Å². The second kappa shape index (κ2) is 6.06. The normalized spacial score (nSPS) is 10.1. The minimum Gasteiger partial charge on any atom is -0.507 e. The van der Waals surface area contributed by atoms with E-state index in [9.17, 15) is 14.3 Å². The van der Waals surface area contributed by atoms with Crippen LogP contribution in [0.2, 0.25) is 0 Å². The zero-order valence-electron chi connectivity index (χ0n) is 10.9. The molecule has 1 amide bonds. The topological polar surface area (TPSA) is 58.6 Å². The molecule has 0 spiro atoms. The van der Waals surface area contributed by atoms with Crippen LogP contribution in [0.4, 0.5) is 10.1 Å². The predicted molar refractivity (Wildman–Crippen MR) is 73.6 cm³/mol. The first kappa shape index (κ1) is 13.9. The molecule has 0 saturated carbocycles. The summed E-state index contributed by atoms with van der Waals surface area (Å²) in [5.74, 6) is -0.961. The molecule has 0 aliphatic heterocycles. The largest absolute Gasteiger partial charge is 0.507 e. The molecule has 0 aliphatic carbocycles. The predicted octanol–water partition coefficient (Wildman–Crippen LogP) is 3.18. The van der Waals surface area contributed by atoms with Crippen molar-refractivity contribution in [1.29, 1.82) is 0 Å². The summed E-state index contributed by atoms with van der Waals surface area (Å²) in [5, 5.41) is 12.2. The van der Waals surface area contributed by atoms with Crippen LogP contribution in [0.5, 0.6) is 11.5 Å². The van der Waals surface area contributed by atoms with E-state index >= 15 is 0 Å². The molecule has 20 heavy (non-hydrogen) atoms. The van der Waals surface area contributed by atoms with Gasteiger partial charge in [0.15, 0.2) is 0 Å². The number of benzene rings is 2. The van der Waals surface area contributed by atoms with Crippen LogP contribution < -0.4 is 10.1 Å². The average Bonchev–Trinajstić information content (AvgIpc) is 2.44. The van der Waals surface area contributed by atoms with Gasteiger partial charge in [0.1, 0.15) is 17.3 Å². The maximum absolute atomic E-state index is 13.1. The van der Waals surface area contributed by atoms with Crippen LogP contribution in [0.1, 0.15) is 17.3 Å². The van der Waals surface area contributed by atoms with Gasteiger partial charge in [-0.05, 0) is 37.3 Å². The lowest BCUT2D eigenvalue weighted by Crippen LogP contribution is -2.13. The second-order valence-corrected chi connectivity index (χ2v) is 4.04. The van der Waals surface area contributed by atoms with Gasteiger partial charge in [0.2, 0.25) is 0 Å². The van der Waals surface area contributed by atoms with E-state index in [1.54, 1.807) is 24.3 Å². The number of phenols is 1. The van der Waals surface area contributed by atoms with Gasteiger partial charge in [0.05, 0.1) is 17.9 Å². The maximum Gasteiger partial charge on any atom is 0.259 e. The Balaban J connectivity index is 2.26. The summed E-state index contributed by atoms with van der Waals surface area (Å²) >= 11 is 0. The fraction of sp³-hybridized carbons (Fsp3) is 0.133. The number of nitrogens with one attached hydrogen (secondary N) is 1. The lowest BCUT2D eigenvalue weighted by atomic mass is 10.1. The third-order valence-electron chi connectivity index (χ3n) is 2.64. The molecule has 4 nitrogen and oxygen atoms in total. The van der Waals surface area contributed by atoms with E-state index in [1.807, 2.05) is 6.92 Å². The third-order valence-corrected chi connectivity index (χ3v) is 2.64. The molecule has 2 aromatic carbocycles. The van der Waals surface area contributed by atoms with Crippen molar-refractivity contribution in [3.8, 4) is 11.5 Å². The van der Waals surface area contributed by atoms with Gasteiger partial charge in [-0.15, -0.1) is 0 Å². The van der Waals surface area contributed by atoms with Crippen molar-refractivity contribution in [1.82, 2.24) is 0 Å². The van der Waals surface area contributed by atoms with Crippen molar-refractivity contribution in [3.63, 3.8) is 0 Å². The molecular weight excluding hydrogens is 261 g/mol. The minimum atomic E-state index is -0.603. The SMILES string of the molecule is CCOc1ccccc1NC(=O)c1cc(F)ccc1O. The van der Waals surface area contributed by atoms with Gasteiger partial charge in [-0.1, -0.05) is 12.1 Å². The summed E-state index contributed by atoms with van der Waals surface area (Å²) in [7, 11) is 0. The molecule has 0 unspecified atom stereocenters. The molecule has 0 aromatic heterocycles. The number of para-hydroxylation sites is 2. The number of phenolic OH excluding ortho intramolecular Hbond substituents is 1. The quantitative estimate of drug-likeness (QED) is 0.901. The molecule has 0 aliphatic rings. The lowest BCUT2D eigenvalue weighted by Gasteiger charge is -2.11. The summed E-state index contributed by atoms with van der Waals surface area (Å²) in [4.78, 5) is 12.1. The summed E-state index contributed by atoms with van der Waals surface area (Å²) in [6.45, 7) is 2.29. The first-order valence-electron chi connectivity index (χ1n) is 6.13. The monoisotopic (exact) mass is 275 g/mol. The van der Waals surface area contributed by atoms with Crippen LogP contribution >= 0.6 is 0 Å². The number of hydrogen-bond donors (Lipinski definition) is 2. The molecule has 0 heterocycles. The van der Waals surface area contributed by atoms with Crippen LogP contribution in [0, 0.1) is 5.82 Å². The number of halogens is 1. The highest BCUT2D eigenvalue weighted by Gasteiger charge is 2.14. The number of anilines is 1. The standard InChI is InChI=1S/C15H14FNO3/c1-2-20-14-6-4-3-5-12(14)17-15(19)11-9-10(16)7-8-13(11)18/h3-9,18H,2H2,1H3,(H,17,19). The Bertz CT molecular complexity index is 628. The van der Waals surface area contributed by atoms with Gasteiger partial charge < -0.3 is 15.2 Å². The van der Waals surface area contributed by atoms with Crippen molar-refractivity contribution in [2.24, 2.45) is 0 Å². The summed E-state index contributed by atoms with van der Waals surface area (Å²) in [6.07, 6.45) is 0. The van der Waals surface area contributed by atoms with Gasteiger partial charge in [-0.3, -0.25) is 4.79 Å². The molecule has 0 saturated heterocycles. The number of carbonyl (C=O) groups excluding carboxylic acids is 1. The Morgan fingerprint density at radius 1 is 1.30 bits per heavy atom. The summed E-state index contributed by atoms with van der Waals surface area (Å²) in [5.41, 5.74) is 0.333. The van der Waals surface area contributed by atoms with E-state index in [0.717, 1.165) is 18.2 Å². The number of hydrogen-bond acceptors (Lipinski definition) is 3. The Morgan fingerprint density at radius 3 is 2.80 bits per heavy atom. The lowest BCUT2D eigenvalue weighted by molar-refractivity contribution is 0.102. The Hall–Kier alpha value is -2.56. The fourth-order valence-electron chi connectivity index (χ4n) is 1.73. The van der Waals surface area contributed by atoms with Crippen LogP contribution in [0.3, 0.4) is 0 Å². The number of carbonyl (C=O) groups is 1. The van der Waals surface area contributed by atoms with E-state index in [-0.39, 0.29) is 11.3 Å². The minimum absolute atomic E-state index is 0.128. The van der Waals surface area contributed by atoms with E-state index in [2.05, 4.69) is 5.32 Å². The van der Waals surface area contributed by atoms with Crippen molar-refractivity contribution >= 4 is 11.6 Å². The number of aromatic hydroxyl groups is 1. The molecule has 2 rings (SSSR count). The van der Waals surface area contributed by atoms with Crippen LogP contribution in [-0.2, 0) is 0 Å². The molecule has 0 radical (unpaired) electrons. The van der Waals surface area contributed by atoms with E-state index in [1.165, 1.54) is 0 Å². The second-order valence-electron chi connectivity index (χ2n) is 4.04. The first-order chi connectivity index (χ1) is 9.61. The first-order valence-corrected chi connectivity index (χ1v) is 6.13. The number of ether oxygens (including phenoxy) is 1. The van der Waals surface area contributed by atoms with Crippen molar-refractivity contribution in [3.05, 3.63) is 53.8 Å². The number of rotatable bonds is 4. The Kier molecular flexibility index (Phi) is 4.20. The van der Waals surface area contributed by atoms with Gasteiger partial charge in [-0.25, -0.2) is 4.39 Å². The van der Waals surface area contributed by atoms with Gasteiger partial charge in [0.25, 0.3) is 5.91 Å². The highest BCUT2D eigenvalue weighted by Crippen LogP contribution is 2.26. The summed E-state index contributed by atoms with van der Waals surface area (Å²) in [6, 6.07) is 10.1. The highest BCUT2D eigenvalue weighted by molar-refractivity contribution is 6.06. The Labute approximate surface area is 115 Å². The van der Waals surface area contributed by atoms with E-state index in [0.29, 0.717) is 18.0 Å². The maximum atomic E-state index is 13.1. The van der Waals surface area contributed by atoms with Gasteiger partial charge in [0, 0.05) is 0 Å². The summed E-state index contributed by atoms with van der Waals surface area (Å²) < 4.78 is 18.5. The zero-order chi connectivity index (χ0) is 14.5. The van der Waals surface area contributed by atoms with Crippen LogP contribution in [0.15, 0.2) is 42.5 Å².